The zero-order valence-electron chi connectivity index (χ0n) is 13.1. The number of hydrogen-bond donors (Lipinski definition) is 1. The molecule has 0 unspecified atom stereocenters. The van der Waals surface area contributed by atoms with Crippen LogP contribution in [0.15, 0.2) is 18.2 Å². The average Bonchev–Trinajstić information content (AvgIpc) is 2.48. The van der Waals surface area contributed by atoms with Crippen molar-refractivity contribution >= 4 is 5.69 Å². The van der Waals surface area contributed by atoms with Gasteiger partial charge in [-0.05, 0) is 44.5 Å². The number of anilines is 1. The predicted molar refractivity (Wildman–Crippen MR) is 85.7 cm³/mol. The second-order valence-electron chi connectivity index (χ2n) is 5.67. The topological polar surface area (TPSA) is 24.5 Å². The molecule has 1 N–H and O–H groups in total. The number of ether oxygens (including phenoxy) is 1. The van der Waals surface area contributed by atoms with Crippen LogP contribution >= 0.6 is 0 Å². The van der Waals surface area contributed by atoms with Crippen LogP contribution < -0.4 is 15.0 Å². The first-order valence-corrected chi connectivity index (χ1v) is 7.89. The SMILES string of the molecule is CCOc1cc(CNC)ccc1N(C)C1CCCCC1. The summed E-state index contributed by atoms with van der Waals surface area (Å²) in [5.74, 6) is 1.02. The highest BCUT2D eigenvalue weighted by Crippen LogP contribution is 2.33. The van der Waals surface area contributed by atoms with Gasteiger partial charge in [-0.1, -0.05) is 25.3 Å². The molecular weight excluding hydrogens is 248 g/mol. The lowest BCUT2D eigenvalue weighted by Crippen LogP contribution is -2.33. The van der Waals surface area contributed by atoms with Crippen molar-refractivity contribution in [2.24, 2.45) is 0 Å². The van der Waals surface area contributed by atoms with E-state index in [1.165, 1.54) is 43.4 Å². The summed E-state index contributed by atoms with van der Waals surface area (Å²) in [4.78, 5) is 2.42. The Balaban J connectivity index is 2.19. The molecule has 1 fully saturated rings. The Bertz CT molecular complexity index is 413. The summed E-state index contributed by atoms with van der Waals surface area (Å²) in [6, 6.07) is 7.26. The highest BCUT2D eigenvalue weighted by molar-refractivity contribution is 5.60. The van der Waals surface area contributed by atoms with Crippen molar-refractivity contribution < 1.29 is 4.74 Å². The van der Waals surface area contributed by atoms with E-state index in [4.69, 9.17) is 4.74 Å². The Morgan fingerprint density at radius 1 is 1.25 bits per heavy atom. The van der Waals surface area contributed by atoms with Crippen LogP contribution in [0.4, 0.5) is 5.69 Å². The number of nitrogens with zero attached hydrogens (tertiary/aromatic N) is 1. The van der Waals surface area contributed by atoms with Crippen molar-refractivity contribution in [3.8, 4) is 5.75 Å². The zero-order valence-corrected chi connectivity index (χ0v) is 13.1. The number of rotatable bonds is 6. The number of hydrogen-bond acceptors (Lipinski definition) is 3. The van der Waals surface area contributed by atoms with Gasteiger partial charge in [-0.2, -0.15) is 0 Å². The zero-order chi connectivity index (χ0) is 14.4. The van der Waals surface area contributed by atoms with E-state index in [9.17, 15) is 0 Å². The van der Waals surface area contributed by atoms with E-state index >= 15 is 0 Å². The van der Waals surface area contributed by atoms with Crippen molar-refractivity contribution in [2.45, 2.75) is 51.6 Å². The van der Waals surface area contributed by atoms with E-state index in [1.807, 2.05) is 7.05 Å². The first-order valence-electron chi connectivity index (χ1n) is 7.89. The van der Waals surface area contributed by atoms with E-state index < -0.39 is 0 Å². The molecule has 20 heavy (non-hydrogen) atoms. The van der Waals surface area contributed by atoms with Crippen LogP contribution in [0.1, 0.15) is 44.6 Å². The van der Waals surface area contributed by atoms with Crippen LogP contribution in [-0.2, 0) is 6.54 Å². The van der Waals surface area contributed by atoms with E-state index in [0.29, 0.717) is 12.6 Å². The molecule has 2 rings (SSSR count). The lowest BCUT2D eigenvalue weighted by atomic mass is 9.94. The second kappa shape index (κ2) is 7.53. The largest absolute Gasteiger partial charge is 0.492 e. The standard InChI is InChI=1S/C17H28N2O/c1-4-20-17-12-14(13-18-2)10-11-16(17)19(3)15-8-6-5-7-9-15/h10-12,15,18H,4-9,13H2,1-3H3. The molecule has 112 valence electrons. The Labute approximate surface area is 123 Å². The van der Waals surface area contributed by atoms with Crippen molar-refractivity contribution in [3.05, 3.63) is 23.8 Å². The molecule has 0 heterocycles. The van der Waals surface area contributed by atoms with Crippen LogP contribution in [-0.4, -0.2) is 26.7 Å². The summed E-state index contributed by atoms with van der Waals surface area (Å²) >= 11 is 0. The summed E-state index contributed by atoms with van der Waals surface area (Å²) in [6.45, 7) is 3.65. The maximum atomic E-state index is 5.87. The molecule has 0 bridgehead atoms. The third-order valence-electron chi connectivity index (χ3n) is 4.21. The Morgan fingerprint density at radius 3 is 2.65 bits per heavy atom. The van der Waals surface area contributed by atoms with Crippen molar-refractivity contribution in [1.29, 1.82) is 0 Å². The summed E-state index contributed by atoms with van der Waals surface area (Å²) < 4.78 is 5.87. The van der Waals surface area contributed by atoms with Gasteiger partial charge in [0.2, 0.25) is 0 Å². The molecule has 3 heteroatoms. The third-order valence-corrected chi connectivity index (χ3v) is 4.21. The highest BCUT2D eigenvalue weighted by Gasteiger charge is 2.20. The van der Waals surface area contributed by atoms with E-state index in [2.05, 4.69) is 42.4 Å². The Kier molecular flexibility index (Phi) is 5.72. The fourth-order valence-corrected chi connectivity index (χ4v) is 3.10. The van der Waals surface area contributed by atoms with Gasteiger partial charge in [0, 0.05) is 19.6 Å². The monoisotopic (exact) mass is 276 g/mol. The molecule has 0 amide bonds. The summed E-state index contributed by atoms with van der Waals surface area (Å²) in [5, 5.41) is 3.20. The van der Waals surface area contributed by atoms with Crippen LogP contribution in [0.2, 0.25) is 0 Å². The van der Waals surface area contributed by atoms with Gasteiger partial charge >= 0.3 is 0 Å². The summed E-state index contributed by atoms with van der Waals surface area (Å²) in [7, 11) is 4.19. The summed E-state index contributed by atoms with van der Waals surface area (Å²) in [6.07, 6.45) is 6.72. The number of benzene rings is 1. The second-order valence-corrected chi connectivity index (χ2v) is 5.67. The van der Waals surface area contributed by atoms with Crippen LogP contribution in [0.5, 0.6) is 5.75 Å². The molecule has 0 saturated heterocycles. The molecule has 1 aliphatic carbocycles. The van der Waals surface area contributed by atoms with Crippen LogP contribution in [0.25, 0.3) is 0 Å². The van der Waals surface area contributed by atoms with E-state index in [1.54, 1.807) is 0 Å². The van der Waals surface area contributed by atoms with Gasteiger partial charge in [0.25, 0.3) is 0 Å². The van der Waals surface area contributed by atoms with Gasteiger partial charge in [0.05, 0.1) is 12.3 Å². The van der Waals surface area contributed by atoms with Crippen LogP contribution in [0, 0.1) is 0 Å². The van der Waals surface area contributed by atoms with Gasteiger partial charge in [0.15, 0.2) is 0 Å². The first-order chi connectivity index (χ1) is 9.76. The fourth-order valence-electron chi connectivity index (χ4n) is 3.10. The molecule has 0 aromatic heterocycles. The minimum absolute atomic E-state index is 0.665. The van der Waals surface area contributed by atoms with Gasteiger partial charge in [-0.3, -0.25) is 0 Å². The molecule has 0 atom stereocenters. The normalized spacial score (nSPS) is 16.1. The summed E-state index contributed by atoms with van der Waals surface area (Å²) in [5.41, 5.74) is 2.51. The first kappa shape index (κ1) is 15.2. The molecule has 3 nitrogen and oxygen atoms in total. The highest BCUT2D eigenvalue weighted by atomic mass is 16.5. The van der Waals surface area contributed by atoms with Gasteiger partial charge in [0.1, 0.15) is 5.75 Å². The maximum Gasteiger partial charge on any atom is 0.142 e. The quantitative estimate of drug-likeness (QED) is 0.859. The molecule has 1 aliphatic rings. The lowest BCUT2D eigenvalue weighted by molar-refractivity contribution is 0.337. The minimum atomic E-state index is 0.665. The molecule has 1 aromatic carbocycles. The Morgan fingerprint density at radius 2 is 2.00 bits per heavy atom. The Hall–Kier alpha value is -1.22. The van der Waals surface area contributed by atoms with Crippen molar-refractivity contribution in [1.82, 2.24) is 5.32 Å². The number of nitrogens with one attached hydrogen (secondary N) is 1. The molecule has 0 radical (unpaired) electrons. The van der Waals surface area contributed by atoms with Crippen molar-refractivity contribution in [2.75, 3.05) is 25.6 Å². The van der Waals surface area contributed by atoms with Crippen LogP contribution in [0.3, 0.4) is 0 Å². The minimum Gasteiger partial charge on any atom is -0.492 e. The van der Waals surface area contributed by atoms with Crippen molar-refractivity contribution in [3.63, 3.8) is 0 Å². The predicted octanol–water partition coefficient (Wildman–Crippen LogP) is 3.57. The van der Waals surface area contributed by atoms with Gasteiger partial charge < -0.3 is 15.0 Å². The average molecular weight is 276 g/mol. The van der Waals surface area contributed by atoms with E-state index in [0.717, 1.165) is 12.3 Å². The fraction of sp³-hybridized carbons (Fsp3) is 0.647. The molecule has 1 saturated carbocycles. The molecule has 0 aliphatic heterocycles. The van der Waals surface area contributed by atoms with Gasteiger partial charge in [-0.15, -0.1) is 0 Å². The molecule has 0 spiro atoms. The van der Waals surface area contributed by atoms with E-state index in [-0.39, 0.29) is 0 Å². The molecule has 1 aromatic rings. The maximum absolute atomic E-state index is 5.87. The van der Waals surface area contributed by atoms with Gasteiger partial charge in [-0.25, -0.2) is 0 Å². The lowest BCUT2D eigenvalue weighted by Gasteiger charge is -2.34. The third kappa shape index (κ3) is 3.66. The smallest absolute Gasteiger partial charge is 0.142 e. The molecular formula is C17H28N2O.